The van der Waals surface area contributed by atoms with Gasteiger partial charge in [-0.15, -0.1) is 0 Å². The number of methoxy groups -OCH3 is 1. The summed E-state index contributed by atoms with van der Waals surface area (Å²) in [5.74, 6) is -4.31. The van der Waals surface area contributed by atoms with Crippen LogP contribution in [0.15, 0.2) is 23.8 Å². The van der Waals surface area contributed by atoms with Crippen molar-refractivity contribution in [3.63, 3.8) is 0 Å². The summed E-state index contributed by atoms with van der Waals surface area (Å²) >= 11 is 0. The number of rotatable bonds is 5. The quantitative estimate of drug-likeness (QED) is 0.326. The molecule has 1 N–H and O–H groups in total. The largest absolute Gasteiger partial charge is 0.462 e. The van der Waals surface area contributed by atoms with Crippen molar-refractivity contribution in [3.05, 3.63) is 23.8 Å². The SMILES string of the molecule is C=C1CC[C@H](OC(C)=O)[C@]2(C)[C@@H](OC(C)=O)CC/C(COC)=C\[C@@H]3OC(=O)[C@H](C)[C@@]3(O)[C@@H](OC(C)=O)[C@@H]12. The van der Waals surface area contributed by atoms with E-state index in [4.69, 9.17) is 23.7 Å². The van der Waals surface area contributed by atoms with E-state index in [1.807, 2.05) is 0 Å². The van der Waals surface area contributed by atoms with Crippen LogP contribution in [0.5, 0.6) is 0 Å². The Bertz CT molecular complexity index is 986. The molecule has 1 heterocycles. The van der Waals surface area contributed by atoms with Crippen LogP contribution in [0.1, 0.15) is 60.3 Å². The Morgan fingerprint density at radius 3 is 2.11 bits per heavy atom. The molecule has 8 atom stereocenters. The van der Waals surface area contributed by atoms with Crippen molar-refractivity contribution < 1.29 is 48.0 Å². The lowest BCUT2D eigenvalue weighted by Gasteiger charge is -2.55. The molecule has 1 saturated carbocycles. The van der Waals surface area contributed by atoms with Crippen LogP contribution in [0.4, 0.5) is 0 Å². The van der Waals surface area contributed by atoms with Gasteiger partial charge >= 0.3 is 23.9 Å². The number of hydrogen-bond acceptors (Lipinski definition) is 10. The molecule has 0 unspecified atom stereocenters. The second kappa shape index (κ2) is 10.9. The van der Waals surface area contributed by atoms with E-state index in [0.29, 0.717) is 36.8 Å². The fourth-order valence-corrected chi connectivity index (χ4v) is 6.31. The summed E-state index contributed by atoms with van der Waals surface area (Å²) < 4.78 is 28.5. The van der Waals surface area contributed by atoms with Crippen LogP contribution >= 0.6 is 0 Å². The van der Waals surface area contributed by atoms with Gasteiger partial charge in [-0.25, -0.2) is 0 Å². The molecule has 0 aromatic carbocycles. The molecular weight excluding hydrogens is 484 g/mol. The molecule has 1 aliphatic heterocycles. The van der Waals surface area contributed by atoms with E-state index in [1.54, 1.807) is 13.0 Å². The molecule has 3 rings (SSSR count). The molecule has 0 aromatic rings. The first kappa shape index (κ1) is 28.8. The third-order valence-electron chi connectivity index (χ3n) is 8.08. The van der Waals surface area contributed by atoms with Crippen molar-refractivity contribution in [3.8, 4) is 0 Å². The average Bonchev–Trinajstić information content (AvgIpc) is 3.00. The smallest absolute Gasteiger partial charge is 0.312 e. The Balaban J connectivity index is 2.35. The third-order valence-corrected chi connectivity index (χ3v) is 8.08. The highest BCUT2D eigenvalue weighted by Crippen LogP contribution is 2.56. The predicted molar refractivity (Wildman–Crippen MR) is 130 cm³/mol. The first-order valence-corrected chi connectivity index (χ1v) is 12.6. The fourth-order valence-electron chi connectivity index (χ4n) is 6.31. The Labute approximate surface area is 217 Å². The summed E-state index contributed by atoms with van der Waals surface area (Å²) in [6.07, 6.45) is -0.927. The van der Waals surface area contributed by atoms with Crippen molar-refractivity contribution in [1.82, 2.24) is 0 Å². The van der Waals surface area contributed by atoms with Gasteiger partial charge in [-0.1, -0.05) is 19.1 Å². The average molecular weight is 523 g/mol. The van der Waals surface area contributed by atoms with Crippen LogP contribution in [0.3, 0.4) is 0 Å². The lowest BCUT2D eigenvalue weighted by atomic mass is 9.55. The maximum absolute atomic E-state index is 12.8. The Morgan fingerprint density at radius 2 is 1.59 bits per heavy atom. The molecule has 0 amide bonds. The molecular formula is C27H38O10. The first-order valence-electron chi connectivity index (χ1n) is 12.6. The topological polar surface area (TPSA) is 135 Å². The Hall–Kier alpha value is -2.72. The maximum Gasteiger partial charge on any atom is 0.312 e. The molecule has 3 aliphatic rings. The Morgan fingerprint density at radius 1 is 1.05 bits per heavy atom. The summed E-state index contributed by atoms with van der Waals surface area (Å²) in [5, 5.41) is 12.3. The predicted octanol–water partition coefficient (Wildman–Crippen LogP) is 2.41. The van der Waals surface area contributed by atoms with E-state index in [0.717, 1.165) is 0 Å². The normalized spacial score (nSPS) is 39.3. The van der Waals surface area contributed by atoms with E-state index >= 15 is 0 Å². The lowest BCUT2D eigenvalue weighted by molar-refractivity contribution is -0.219. The van der Waals surface area contributed by atoms with Crippen LogP contribution in [0, 0.1) is 17.3 Å². The van der Waals surface area contributed by atoms with E-state index in [9.17, 15) is 24.3 Å². The van der Waals surface area contributed by atoms with Crippen molar-refractivity contribution in [1.29, 1.82) is 0 Å². The highest BCUT2D eigenvalue weighted by molar-refractivity contribution is 5.78. The van der Waals surface area contributed by atoms with Crippen LogP contribution in [0.25, 0.3) is 0 Å². The minimum absolute atomic E-state index is 0.170. The number of aliphatic hydroxyl groups is 1. The third kappa shape index (κ3) is 5.31. The van der Waals surface area contributed by atoms with Crippen molar-refractivity contribution >= 4 is 23.9 Å². The van der Waals surface area contributed by atoms with Gasteiger partial charge in [0.05, 0.1) is 17.9 Å². The van der Waals surface area contributed by atoms with Crippen LogP contribution < -0.4 is 0 Å². The van der Waals surface area contributed by atoms with E-state index < -0.39 is 71.1 Å². The zero-order valence-electron chi connectivity index (χ0n) is 22.4. The molecule has 0 spiro atoms. The molecule has 37 heavy (non-hydrogen) atoms. The van der Waals surface area contributed by atoms with Crippen LogP contribution in [-0.4, -0.2) is 72.7 Å². The summed E-state index contributed by atoms with van der Waals surface area (Å²) in [6.45, 7) is 11.5. The van der Waals surface area contributed by atoms with Gasteiger partial charge in [0.2, 0.25) is 0 Å². The second-order valence-electron chi connectivity index (χ2n) is 10.5. The van der Waals surface area contributed by atoms with Crippen LogP contribution in [-0.2, 0) is 42.9 Å². The molecule has 206 valence electrons. The molecule has 0 radical (unpaired) electrons. The molecule has 10 heteroatoms. The summed E-state index contributed by atoms with van der Waals surface area (Å²) in [4.78, 5) is 49.8. The second-order valence-corrected chi connectivity index (χ2v) is 10.5. The first-order chi connectivity index (χ1) is 17.3. The van der Waals surface area contributed by atoms with Gasteiger partial charge < -0.3 is 28.8 Å². The number of fused-ring (bicyclic) bond motifs is 2. The molecule has 1 saturated heterocycles. The molecule has 2 fully saturated rings. The molecule has 10 nitrogen and oxygen atoms in total. The Kier molecular flexibility index (Phi) is 8.54. The fraction of sp³-hybridized carbons (Fsp3) is 0.704. The molecule has 2 aliphatic carbocycles. The summed E-state index contributed by atoms with van der Waals surface area (Å²) in [7, 11) is 1.51. The van der Waals surface area contributed by atoms with Gasteiger partial charge in [0, 0.05) is 33.8 Å². The number of hydrogen-bond donors (Lipinski definition) is 1. The van der Waals surface area contributed by atoms with Gasteiger partial charge in [-0.05, 0) is 44.3 Å². The minimum atomic E-state index is -1.99. The van der Waals surface area contributed by atoms with Gasteiger partial charge in [0.15, 0.2) is 11.7 Å². The van der Waals surface area contributed by atoms with E-state index in [1.165, 1.54) is 34.8 Å². The van der Waals surface area contributed by atoms with E-state index in [2.05, 4.69) is 6.58 Å². The van der Waals surface area contributed by atoms with Gasteiger partial charge in [0.1, 0.15) is 18.3 Å². The van der Waals surface area contributed by atoms with Crippen LogP contribution in [0.2, 0.25) is 0 Å². The maximum atomic E-state index is 12.8. The zero-order valence-corrected chi connectivity index (χ0v) is 22.4. The van der Waals surface area contributed by atoms with Crippen molar-refractivity contribution in [2.45, 2.75) is 90.3 Å². The van der Waals surface area contributed by atoms with Crippen molar-refractivity contribution in [2.24, 2.45) is 17.3 Å². The van der Waals surface area contributed by atoms with Gasteiger partial charge in [-0.2, -0.15) is 0 Å². The number of esters is 4. The molecule has 0 bridgehead atoms. The number of ether oxygens (including phenoxy) is 5. The summed E-state index contributed by atoms with van der Waals surface area (Å²) in [5.41, 5.74) is -1.84. The highest BCUT2D eigenvalue weighted by Gasteiger charge is 2.67. The van der Waals surface area contributed by atoms with E-state index in [-0.39, 0.29) is 6.61 Å². The zero-order chi connectivity index (χ0) is 27.7. The highest BCUT2D eigenvalue weighted by atomic mass is 16.6. The molecule has 0 aromatic heterocycles. The van der Waals surface area contributed by atoms with Gasteiger partial charge in [-0.3, -0.25) is 19.2 Å². The standard InChI is InChI=1S/C27H38O10/c1-14-8-10-20(34-16(3)28)26(6)21(35-17(4)29)11-9-19(13-33-7)12-22-27(32,15(2)25(31)37-22)24(23(14)26)36-18(5)30/h12,15,20-24,32H,1,8-11,13H2,2-7H3/b19-12+/t15-,20-,21-,22-,23+,24-,26+,27-/m0/s1. The number of carbonyl (C=O) groups is 4. The number of carbonyl (C=O) groups excluding carboxylic acids is 4. The minimum Gasteiger partial charge on any atom is -0.462 e. The monoisotopic (exact) mass is 522 g/mol. The lowest BCUT2D eigenvalue weighted by Crippen LogP contribution is -2.65. The van der Waals surface area contributed by atoms with Crippen molar-refractivity contribution in [2.75, 3.05) is 13.7 Å². The summed E-state index contributed by atoms with van der Waals surface area (Å²) in [6, 6.07) is 0. The van der Waals surface area contributed by atoms with Gasteiger partial charge in [0.25, 0.3) is 0 Å².